The minimum atomic E-state index is -0.159. The molecule has 0 spiro atoms. The highest BCUT2D eigenvalue weighted by atomic mass is 16.2. The van der Waals surface area contributed by atoms with Crippen molar-refractivity contribution in [1.82, 2.24) is 15.2 Å². The van der Waals surface area contributed by atoms with Crippen molar-refractivity contribution < 1.29 is 9.59 Å². The van der Waals surface area contributed by atoms with E-state index in [1.807, 2.05) is 65.5 Å². The van der Waals surface area contributed by atoms with Gasteiger partial charge in [0.2, 0.25) is 0 Å². The van der Waals surface area contributed by atoms with Crippen molar-refractivity contribution in [2.45, 2.75) is 0 Å². The SMILES string of the molecule is O=C(NCC#Cc1ccc(N2CCNC2=O)cc1)c1ccc(-n2cccc2)cc1. The Balaban J connectivity index is 1.30. The van der Waals surface area contributed by atoms with E-state index in [1.165, 1.54) is 0 Å². The highest BCUT2D eigenvalue weighted by Gasteiger charge is 2.20. The molecule has 1 aliphatic heterocycles. The molecular weight excluding hydrogens is 364 g/mol. The van der Waals surface area contributed by atoms with Crippen molar-refractivity contribution in [3.8, 4) is 17.5 Å². The van der Waals surface area contributed by atoms with Gasteiger partial charge in [0, 0.05) is 48.0 Å². The van der Waals surface area contributed by atoms with Gasteiger partial charge in [0.15, 0.2) is 0 Å². The first-order valence-electron chi connectivity index (χ1n) is 9.37. The molecular formula is C23H20N4O2. The van der Waals surface area contributed by atoms with E-state index in [0.717, 1.165) is 16.9 Å². The maximum atomic E-state index is 12.2. The summed E-state index contributed by atoms with van der Waals surface area (Å²) in [5, 5.41) is 5.58. The molecule has 2 aromatic carbocycles. The first-order valence-corrected chi connectivity index (χ1v) is 9.37. The van der Waals surface area contributed by atoms with Crippen LogP contribution in [0, 0.1) is 11.8 Å². The molecule has 1 saturated heterocycles. The number of anilines is 1. The third kappa shape index (κ3) is 4.30. The number of hydrogen-bond acceptors (Lipinski definition) is 2. The van der Waals surface area contributed by atoms with Crippen LogP contribution in [0.3, 0.4) is 0 Å². The Kier molecular flexibility index (Phi) is 5.30. The first-order chi connectivity index (χ1) is 14.2. The lowest BCUT2D eigenvalue weighted by Gasteiger charge is -2.13. The van der Waals surface area contributed by atoms with E-state index < -0.39 is 0 Å². The summed E-state index contributed by atoms with van der Waals surface area (Å²) in [5.74, 6) is 5.82. The lowest BCUT2D eigenvalue weighted by molar-refractivity contribution is 0.0958. The van der Waals surface area contributed by atoms with Crippen molar-refractivity contribution in [1.29, 1.82) is 0 Å². The average molecular weight is 384 g/mol. The fourth-order valence-electron chi connectivity index (χ4n) is 3.11. The van der Waals surface area contributed by atoms with E-state index in [0.29, 0.717) is 18.7 Å². The second-order valence-corrected chi connectivity index (χ2v) is 6.55. The predicted molar refractivity (Wildman–Crippen MR) is 112 cm³/mol. The summed E-state index contributed by atoms with van der Waals surface area (Å²) in [4.78, 5) is 25.6. The molecule has 0 unspecified atom stereocenters. The summed E-state index contributed by atoms with van der Waals surface area (Å²) in [6.07, 6.45) is 3.91. The standard InChI is InChI=1S/C23H20N4O2/c28-22(19-7-11-20(12-8-19)26-15-1-2-16-26)24-13-3-4-18-5-9-21(10-6-18)27-17-14-25-23(27)29/h1-2,5-12,15-16H,13-14,17H2,(H,24,28)(H,25,29). The van der Waals surface area contributed by atoms with Crippen molar-refractivity contribution >= 4 is 17.6 Å². The number of aromatic nitrogens is 1. The number of nitrogens with one attached hydrogen (secondary N) is 2. The fraction of sp³-hybridized carbons (Fsp3) is 0.130. The number of carbonyl (C=O) groups excluding carboxylic acids is 2. The van der Waals surface area contributed by atoms with Gasteiger partial charge in [-0.1, -0.05) is 11.8 Å². The number of urea groups is 1. The van der Waals surface area contributed by atoms with E-state index in [4.69, 9.17) is 0 Å². The van der Waals surface area contributed by atoms with Gasteiger partial charge in [-0.3, -0.25) is 9.69 Å². The number of hydrogen-bond donors (Lipinski definition) is 2. The highest BCUT2D eigenvalue weighted by Crippen LogP contribution is 2.16. The van der Waals surface area contributed by atoms with Gasteiger partial charge in [-0.15, -0.1) is 0 Å². The van der Waals surface area contributed by atoms with Crippen LogP contribution in [0.4, 0.5) is 10.5 Å². The molecule has 0 atom stereocenters. The summed E-state index contributed by atoms with van der Waals surface area (Å²) < 4.78 is 1.98. The van der Waals surface area contributed by atoms with E-state index in [9.17, 15) is 9.59 Å². The monoisotopic (exact) mass is 384 g/mol. The molecule has 4 rings (SSSR count). The molecule has 144 valence electrons. The van der Waals surface area contributed by atoms with Gasteiger partial charge in [0.05, 0.1) is 6.54 Å². The third-order valence-electron chi connectivity index (χ3n) is 4.64. The van der Waals surface area contributed by atoms with Crippen LogP contribution in [0.5, 0.6) is 0 Å². The molecule has 0 bridgehead atoms. The highest BCUT2D eigenvalue weighted by molar-refractivity contribution is 5.94. The Labute approximate surface area is 169 Å². The van der Waals surface area contributed by atoms with Crippen LogP contribution >= 0.6 is 0 Å². The largest absolute Gasteiger partial charge is 0.341 e. The Hall–Kier alpha value is -3.98. The van der Waals surface area contributed by atoms with Crippen LogP contribution in [0.25, 0.3) is 5.69 Å². The van der Waals surface area contributed by atoms with Gasteiger partial charge in [-0.05, 0) is 60.7 Å². The molecule has 1 fully saturated rings. The Morgan fingerprint density at radius 1 is 1.00 bits per heavy atom. The maximum absolute atomic E-state index is 12.2. The molecule has 0 aliphatic carbocycles. The van der Waals surface area contributed by atoms with Gasteiger partial charge in [0.25, 0.3) is 5.91 Å². The molecule has 0 radical (unpaired) electrons. The topological polar surface area (TPSA) is 66.4 Å². The number of carbonyl (C=O) groups is 2. The van der Waals surface area contributed by atoms with Gasteiger partial charge in [-0.2, -0.15) is 0 Å². The maximum Gasteiger partial charge on any atom is 0.321 e. The second kappa shape index (κ2) is 8.36. The molecule has 1 aliphatic rings. The number of amides is 3. The van der Waals surface area contributed by atoms with Gasteiger partial charge in [0.1, 0.15) is 0 Å². The van der Waals surface area contributed by atoms with Crippen LogP contribution in [0.15, 0.2) is 73.1 Å². The summed E-state index contributed by atoms with van der Waals surface area (Å²) in [6.45, 7) is 1.59. The zero-order valence-corrected chi connectivity index (χ0v) is 15.8. The summed E-state index contributed by atoms with van der Waals surface area (Å²) >= 11 is 0. The van der Waals surface area contributed by atoms with Crippen molar-refractivity contribution in [3.05, 3.63) is 84.2 Å². The normalized spacial score (nSPS) is 12.8. The molecule has 0 saturated carbocycles. The summed E-state index contributed by atoms with van der Waals surface area (Å²) in [5.41, 5.74) is 3.28. The van der Waals surface area contributed by atoms with Crippen LogP contribution in [0.2, 0.25) is 0 Å². The van der Waals surface area contributed by atoms with Crippen LogP contribution < -0.4 is 15.5 Å². The zero-order chi connectivity index (χ0) is 20.1. The Morgan fingerprint density at radius 2 is 1.69 bits per heavy atom. The molecule has 1 aromatic heterocycles. The molecule has 6 heteroatoms. The van der Waals surface area contributed by atoms with Crippen molar-refractivity contribution in [3.63, 3.8) is 0 Å². The second-order valence-electron chi connectivity index (χ2n) is 6.55. The van der Waals surface area contributed by atoms with Crippen molar-refractivity contribution in [2.75, 3.05) is 24.5 Å². The molecule has 2 heterocycles. The lowest BCUT2D eigenvalue weighted by Crippen LogP contribution is -2.27. The number of rotatable bonds is 4. The molecule has 2 N–H and O–H groups in total. The average Bonchev–Trinajstić information content (AvgIpc) is 3.44. The molecule has 29 heavy (non-hydrogen) atoms. The molecule has 3 aromatic rings. The van der Waals surface area contributed by atoms with Crippen molar-refractivity contribution in [2.24, 2.45) is 0 Å². The Bertz CT molecular complexity index is 1060. The fourth-order valence-corrected chi connectivity index (χ4v) is 3.11. The quantitative estimate of drug-likeness (QED) is 0.680. The van der Waals surface area contributed by atoms with E-state index in [1.54, 1.807) is 17.0 Å². The first kappa shape index (κ1) is 18.4. The van der Waals surface area contributed by atoms with E-state index in [2.05, 4.69) is 22.5 Å². The van der Waals surface area contributed by atoms with Gasteiger partial charge >= 0.3 is 6.03 Å². The minimum Gasteiger partial charge on any atom is -0.341 e. The summed E-state index contributed by atoms with van der Waals surface area (Å²) in [6, 6.07) is 18.7. The number of benzene rings is 2. The molecule has 6 nitrogen and oxygen atoms in total. The van der Waals surface area contributed by atoms with Gasteiger partial charge < -0.3 is 15.2 Å². The van der Waals surface area contributed by atoms with Crippen LogP contribution in [-0.2, 0) is 0 Å². The van der Waals surface area contributed by atoms with E-state index in [-0.39, 0.29) is 18.5 Å². The lowest BCUT2D eigenvalue weighted by atomic mass is 10.2. The van der Waals surface area contributed by atoms with Gasteiger partial charge in [-0.25, -0.2) is 4.79 Å². The molecule has 3 amide bonds. The van der Waals surface area contributed by atoms with Crippen LogP contribution in [-0.4, -0.2) is 36.1 Å². The summed E-state index contributed by atoms with van der Waals surface area (Å²) in [7, 11) is 0. The van der Waals surface area contributed by atoms with E-state index >= 15 is 0 Å². The van der Waals surface area contributed by atoms with Crippen LogP contribution in [0.1, 0.15) is 15.9 Å². The zero-order valence-electron chi connectivity index (χ0n) is 15.8. The minimum absolute atomic E-state index is 0.0760. The predicted octanol–water partition coefficient (Wildman–Crippen LogP) is 2.79. The number of nitrogens with zero attached hydrogens (tertiary/aromatic N) is 2. The smallest absolute Gasteiger partial charge is 0.321 e. The third-order valence-corrected chi connectivity index (χ3v) is 4.64. The Morgan fingerprint density at radius 3 is 2.34 bits per heavy atom.